The van der Waals surface area contributed by atoms with Gasteiger partial charge in [-0.15, -0.1) is 10.2 Å². The Morgan fingerprint density at radius 1 is 1.14 bits per heavy atom. The summed E-state index contributed by atoms with van der Waals surface area (Å²) in [6.45, 7) is 3.66. The van der Waals surface area contributed by atoms with Crippen molar-refractivity contribution < 1.29 is 22.8 Å². The standard InChI is InChI=1S/C18H14F3N5O2S/c1-9-6-10(2)25-16(22-9)23-24-17(25)29-13-8-14(27)26(15(13)28)12-5-3-4-11(7-12)18(19,20)21/h3-7,13H,8H2,1-2H3. The molecule has 150 valence electrons. The van der Waals surface area contributed by atoms with Crippen LogP contribution < -0.4 is 4.90 Å². The molecule has 2 amide bonds. The SMILES string of the molecule is Cc1cc(C)n2c(SC3CC(=O)N(c4cccc(C(F)(F)F)c4)C3=O)nnc2n1. The van der Waals surface area contributed by atoms with Crippen LogP contribution in [0.5, 0.6) is 0 Å². The molecule has 0 radical (unpaired) electrons. The van der Waals surface area contributed by atoms with E-state index in [9.17, 15) is 22.8 Å². The zero-order valence-corrected chi connectivity index (χ0v) is 16.1. The molecule has 0 bridgehead atoms. The van der Waals surface area contributed by atoms with Crippen molar-refractivity contribution in [3.05, 3.63) is 47.3 Å². The van der Waals surface area contributed by atoms with E-state index in [-0.39, 0.29) is 12.1 Å². The summed E-state index contributed by atoms with van der Waals surface area (Å²) >= 11 is 1.04. The molecule has 1 aliphatic heterocycles. The molecule has 0 N–H and O–H groups in total. The first kappa shape index (κ1) is 19.4. The maximum absolute atomic E-state index is 13.0. The average molecular weight is 421 g/mol. The van der Waals surface area contributed by atoms with Crippen molar-refractivity contribution in [2.75, 3.05) is 4.90 Å². The first-order valence-electron chi connectivity index (χ1n) is 8.55. The van der Waals surface area contributed by atoms with Crippen LogP contribution in [0.1, 0.15) is 23.4 Å². The molecule has 11 heteroatoms. The van der Waals surface area contributed by atoms with Gasteiger partial charge in [0.05, 0.1) is 11.3 Å². The Balaban J connectivity index is 1.63. The van der Waals surface area contributed by atoms with Crippen molar-refractivity contribution >= 4 is 35.0 Å². The molecule has 1 aliphatic rings. The molecule has 3 aromatic rings. The van der Waals surface area contributed by atoms with E-state index in [1.807, 2.05) is 19.9 Å². The van der Waals surface area contributed by atoms with E-state index in [2.05, 4.69) is 15.2 Å². The Labute approximate surface area is 166 Å². The highest BCUT2D eigenvalue weighted by atomic mass is 32.2. The van der Waals surface area contributed by atoms with Crippen LogP contribution in [0.4, 0.5) is 18.9 Å². The molecule has 1 aromatic carbocycles. The molecule has 7 nitrogen and oxygen atoms in total. The van der Waals surface area contributed by atoms with Crippen LogP contribution in [-0.2, 0) is 15.8 Å². The number of carbonyl (C=O) groups excluding carboxylic acids is 2. The molecular weight excluding hydrogens is 407 g/mol. The van der Waals surface area contributed by atoms with Gasteiger partial charge in [-0.2, -0.15) is 13.2 Å². The largest absolute Gasteiger partial charge is 0.416 e. The Kier molecular flexibility index (Phi) is 4.56. The lowest BCUT2D eigenvalue weighted by Crippen LogP contribution is -2.31. The van der Waals surface area contributed by atoms with Gasteiger partial charge in [-0.3, -0.25) is 14.0 Å². The fraction of sp³-hybridized carbons (Fsp3) is 0.278. The molecule has 1 saturated heterocycles. The average Bonchev–Trinajstić information content (AvgIpc) is 3.15. The molecule has 1 unspecified atom stereocenters. The number of carbonyl (C=O) groups is 2. The van der Waals surface area contributed by atoms with E-state index >= 15 is 0 Å². The van der Waals surface area contributed by atoms with E-state index < -0.39 is 28.8 Å². The Morgan fingerprint density at radius 2 is 1.90 bits per heavy atom. The monoisotopic (exact) mass is 421 g/mol. The smallest absolute Gasteiger partial charge is 0.274 e. The van der Waals surface area contributed by atoms with Crippen molar-refractivity contribution in [1.82, 2.24) is 19.6 Å². The van der Waals surface area contributed by atoms with E-state index in [1.54, 1.807) is 4.40 Å². The van der Waals surface area contributed by atoms with E-state index in [0.717, 1.165) is 40.2 Å². The number of thioether (sulfide) groups is 1. The molecule has 0 aliphatic carbocycles. The summed E-state index contributed by atoms with van der Waals surface area (Å²) in [4.78, 5) is 30.3. The van der Waals surface area contributed by atoms with Gasteiger partial charge in [0.25, 0.3) is 5.78 Å². The van der Waals surface area contributed by atoms with Crippen LogP contribution in [0, 0.1) is 13.8 Å². The molecule has 3 heterocycles. The number of aromatic nitrogens is 4. The van der Waals surface area contributed by atoms with Gasteiger partial charge in [-0.05, 0) is 38.1 Å². The summed E-state index contributed by atoms with van der Waals surface area (Å²) in [5.74, 6) is -0.781. The molecule has 4 rings (SSSR count). The topological polar surface area (TPSA) is 80.5 Å². The Morgan fingerprint density at radius 3 is 2.62 bits per heavy atom. The number of hydrogen-bond donors (Lipinski definition) is 0. The zero-order valence-electron chi connectivity index (χ0n) is 15.3. The Bertz CT molecular complexity index is 1140. The van der Waals surface area contributed by atoms with Crippen LogP contribution in [0.25, 0.3) is 5.78 Å². The lowest BCUT2D eigenvalue weighted by Gasteiger charge is -2.16. The van der Waals surface area contributed by atoms with E-state index in [0.29, 0.717) is 10.9 Å². The van der Waals surface area contributed by atoms with Crippen molar-refractivity contribution in [2.45, 2.75) is 36.9 Å². The maximum atomic E-state index is 13.0. The molecular formula is C18H14F3N5O2S. The van der Waals surface area contributed by atoms with Crippen LogP contribution in [0.3, 0.4) is 0 Å². The third-order valence-electron chi connectivity index (χ3n) is 4.45. The first-order valence-corrected chi connectivity index (χ1v) is 9.43. The minimum absolute atomic E-state index is 0.0995. The van der Waals surface area contributed by atoms with Gasteiger partial charge < -0.3 is 0 Å². The van der Waals surface area contributed by atoms with Gasteiger partial charge in [-0.25, -0.2) is 9.88 Å². The summed E-state index contributed by atoms with van der Waals surface area (Å²) in [7, 11) is 0. The zero-order chi connectivity index (χ0) is 20.9. The lowest BCUT2D eigenvalue weighted by molar-refractivity contribution is -0.137. The number of hydrogen-bond acceptors (Lipinski definition) is 6. The minimum Gasteiger partial charge on any atom is -0.274 e. The van der Waals surface area contributed by atoms with Gasteiger partial charge in [0.2, 0.25) is 11.8 Å². The second-order valence-corrected chi connectivity index (χ2v) is 7.75. The number of benzene rings is 1. The number of halogens is 3. The maximum Gasteiger partial charge on any atom is 0.416 e. The quantitative estimate of drug-likeness (QED) is 0.605. The normalized spacial score (nSPS) is 17.6. The molecule has 1 atom stereocenters. The van der Waals surface area contributed by atoms with Crippen LogP contribution in [0.15, 0.2) is 35.5 Å². The predicted octanol–water partition coefficient (Wildman–Crippen LogP) is 3.18. The van der Waals surface area contributed by atoms with Crippen LogP contribution in [-0.4, -0.2) is 36.6 Å². The first-order chi connectivity index (χ1) is 13.6. The lowest BCUT2D eigenvalue weighted by atomic mass is 10.2. The van der Waals surface area contributed by atoms with Crippen molar-refractivity contribution in [3.63, 3.8) is 0 Å². The van der Waals surface area contributed by atoms with Gasteiger partial charge in [0.15, 0.2) is 5.16 Å². The summed E-state index contributed by atoms with van der Waals surface area (Å²) in [5.41, 5.74) is 0.554. The van der Waals surface area contributed by atoms with Crippen molar-refractivity contribution in [2.24, 2.45) is 0 Å². The van der Waals surface area contributed by atoms with Gasteiger partial charge >= 0.3 is 6.18 Å². The minimum atomic E-state index is -4.57. The highest BCUT2D eigenvalue weighted by Gasteiger charge is 2.42. The summed E-state index contributed by atoms with van der Waals surface area (Å²) < 4.78 is 40.6. The fourth-order valence-electron chi connectivity index (χ4n) is 3.19. The third kappa shape index (κ3) is 3.46. The second kappa shape index (κ2) is 6.83. The van der Waals surface area contributed by atoms with Crippen molar-refractivity contribution in [1.29, 1.82) is 0 Å². The van der Waals surface area contributed by atoms with Gasteiger partial charge in [-0.1, -0.05) is 17.8 Å². The summed E-state index contributed by atoms with van der Waals surface area (Å²) in [6, 6.07) is 5.99. The number of nitrogens with zero attached hydrogens (tertiary/aromatic N) is 5. The predicted molar refractivity (Wildman–Crippen MR) is 98.5 cm³/mol. The highest BCUT2D eigenvalue weighted by molar-refractivity contribution is 8.00. The van der Waals surface area contributed by atoms with Crippen LogP contribution >= 0.6 is 11.8 Å². The summed E-state index contributed by atoms with van der Waals surface area (Å²) in [6.07, 6.45) is -4.72. The molecule has 2 aromatic heterocycles. The number of alkyl halides is 3. The van der Waals surface area contributed by atoms with Gasteiger partial charge in [0, 0.05) is 17.8 Å². The second-order valence-electron chi connectivity index (χ2n) is 6.58. The molecule has 0 saturated carbocycles. The van der Waals surface area contributed by atoms with Gasteiger partial charge in [0.1, 0.15) is 5.25 Å². The number of anilines is 1. The number of amides is 2. The number of rotatable bonds is 3. The third-order valence-corrected chi connectivity index (χ3v) is 5.58. The Hall–Kier alpha value is -2.95. The highest BCUT2D eigenvalue weighted by Crippen LogP contribution is 2.36. The van der Waals surface area contributed by atoms with E-state index in [1.165, 1.54) is 12.1 Å². The number of aryl methyl sites for hydroxylation is 2. The molecule has 29 heavy (non-hydrogen) atoms. The fourth-order valence-corrected chi connectivity index (χ4v) is 4.30. The van der Waals surface area contributed by atoms with Crippen LogP contribution in [0.2, 0.25) is 0 Å². The van der Waals surface area contributed by atoms with E-state index in [4.69, 9.17) is 0 Å². The number of fused-ring (bicyclic) bond motifs is 1. The molecule has 1 fully saturated rings. The number of imide groups is 1. The molecule has 0 spiro atoms. The van der Waals surface area contributed by atoms with Crippen molar-refractivity contribution in [3.8, 4) is 0 Å². The summed E-state index contributed by atoms with van der Waals surface area (Å²) in [5, 5.41) is 7.61.